The lowest BCUT2D eigenvalue weighted by molar-refractivity contribution is -0.456. The zero-order valence-electron chi connectivity index (χ0n) is 31.0. The van der Waals surface area contributed by atoms with Gasteiger partial charge in [0.25, 0.3) is 0 Å². The van der Waals surface area contributed by atoms with Gasteiger partial charge in [-0.25, -0.2) is 0 Å². The summed E-state index contributed by atoms with van der Waals surface area (Å²) in [4.78, 5) is 2.33. The van der Waals surface area contributed by atoms with Gasteiger partial charge in [0, 0.05) is 58.4 Å². The van der Waals surface area contributed by atoms with Crippen molar-refractivity contribution in [3.05, 3.63) is 200 Å². The van der Waals surface area contributed by atoms with Crippen LogP contribution < -0.4 is 4.90 Å². The molecule has 0 bridgehead atoms. The third-order valence-corrected chi connectivity index (χ3v) is 10.2. The van der Waals surface area contributed by atoms with Gasteiger partial charge in [-0.3, -0.25) is 0 Å². The van der Waals surface area contributed by atoms with Gasteiger partial charge in [0.2, 0.25) is 11.4 Å². The molecule has 0 aliphatic heterocycles. The second kappa shape index (κ2) is 14.5. The molecule has 0 amide bonds. The van der Waals surface area contributed by atoms with Gasteiger partial charge in [-0.15, -0.1) is 0 Å². The van der Waals surface area contributed by atoms with Gasteiger partial charge in [-0.05, 0) is 106 Å². The number of hydrogen-bond donors (Lipinski definition) is 2. The summed E-state index contributed by atoms with van der Waals surface area (Å²) in [6, 6.07) is 38.6. The minimum atomic E-state index is -0.887. The molecule has 5 aromatic carbocycles. The average Bonchev–Trinajstić information content (AvgIpc) is 3.11. The van der Waals surface area contributed by atoms with Crippen LogP contribution in [0.5, 0.6) is 0 Å². The van der Waals surface area contributed by atoms with Crippen LogP contribution in [-0.2, 0) is 13.1 Å². The number of rotatable bonds is 8. The number of aliphatic hydroxyl groups excluding tert-OH is 2. The van der Waals surface area contributed by atoms with Crippen molar-refractivity contribution in [2.45, 2.75) is 60.7 Å². The molecule has 0 heterocycles. The fraction of sp³-hybridized carbons (Fsp3) is 0.188. The number of aliphatic hydroxyl groups is 2. The van der Waals surface area contributed by atoms with Crippen LogP contribution in [0, 0.1) is 41.5 Å². The maximum absolute atomic E-state index is 11.4. The molecule has 2 aliphatic carbocycles. The largest absolute Gasteiger partial charge is 0.507 e. The smallest absolute Gasteiger partial charge is 0.208 e. The molecule has 0 saturated heterocycles. The maximum atomic E-state index is 11.4. The molecule has 52 heavy (non-hydrogen) atoms. The van der Waals surface area contributed by atoms with Crippen LogP contribution >= 0.6 is 0 Å². The normalized spacial score (nSPS) is 15.3. The summed E-state index contributed by atoms with van der Waals surface area (Å²) in [7, 11) is 0. The molecule has 0 spiro atoms. The topological polar surface area (TPSA) is 46.7 Å². The Balaban J connectivity index is 1.19. The van der Waals surface area contributed by atoms with E-state index in [1.165, 1.54) is 44.5 Å². The molecule has 0 radical (unpaired) electrons. The summed E-state index contributed by atoms with van der Waals surface area (Å²) >= 11 is 0. The van der Waals surface area contributed by atoms with Gasteiger partial charge >= 0.3 is 0 Å². The number of nitrogens with zero attached hydrogens (tertiary/aromatic N) is 2. The molecule has 0 fully saturated rings. The Morgan fingerprint density at radius 2 is 1.19 bits per heavy atom. The van der Waals surface area contributed by atoms with Gasteiger partial charge in [-0.2, -0.15) is 4.58 Å². The predicted molar refractivity (Wildman–Crippen MR) is 216 cm³/mol. The first-order valence-corrected chi connectivity index (χ1v) is 18.1. The van der Waals surface area contributed by atoms with E-state index in [1.807, 2.05) is 24.3 Å². The summed E-state index contributed by atoms with van der Waals surface area (Å²) in [5.41, 5.74) is 16.9. The van der Waals surface area contributed by atoms with E-state index in [0.29, 0.717) is 11.1 Å². The Morgan fingerprint density at radius 3 is 1.81 bits per heavy atom. The van der Waals surface area contributed by atoms with Gasteiger partial charge in [0.15, 0.2) is 6.54 Å². The first-order chi connectivity index (χ1) is 25.0. The van der Waals surface area contributed by atoms with E-state index in [2.05, 4.69) is 160 Å². The van der Waals surface area contributed by atoms with E-state index in [0.717, 1.165) is 47.0 Å². The van der Waals surface area contributed by atoms with Crippen LogP contribution in [0.4, 0.5) is 17.1 Å². The number of allylic oxidation sites excluding steroid dienone is 5. The van der Waals surface area contributed by atoms with E-state index in [9.17, 15) is 10.2 Å². The van der Waals surface area contributed by atoms with Gasteiger partial charge in [-0.1, -0.05) is 95.1 Å². The lowest BCUT2D eigenvalue weighted by Crippen LogP contribution is -2.28. The molecule has 0 saturated carbocycles. The molecule has 1 unspecified atom stereocenters. The van der Waals surface area contributed by atoms with Crippen molar-refractivity contribution in [1.82, 2.24) is 0 Å². The molecule has 4 heteroatoms. The Hall–Kier alpha value is -5.71. The molecule has 5 aromatic rings. The van der Waals surface area contributed by atoms with Crippen LogP contribution in [-0.4, -0.2) is 26.6 Å². The van der Waals surface area contributed by atoms with Crippen LogP contribution in [0.2, 0.25) is 0 Å². The Labute approximate surface area is 308 Å². The minimum Gasteiger partial charge on any atom is -0.507 e. The van der Waals surface area contributed by atoms with Gasteiger partial charge < -0.3 is 15.1 Å². The van der Waals surface area contributed by atoms with Gasteiger partial charge in [0.1, 0.15) is 11.9 Å². The van der Waals surface area contributed by atoms with Crippen molar-refractivity contribution in [3.8, 4) is 0 Å². The van der Waals surface area contributed by atoms with Crippen molar-refractivity contribution in [1.29, 1.82) is 0 Å². The zero-order chi connectivity index (χ0) is 36.5. The highest BCUT2D eigenvalue weighted by Gasteiger charge is 2.37. The first-order valence-electron chi connectivity index (χ1n) is 18.1. The lowest BCUT2D eigenvalue weighted by Gasteiger charge is -2.32. The average molecular weight is 684 g/mol. The molecule has 260 valence electrons. The maximum Gasteiger partial charge on any atom is 0.208 e. The van der Waals surface area contributed by atoms with Crippen molar-refractivity contribution in [2.75, 3.05) is 4.90 Å². The van der Waals surface area contributed by atoms with Crippen molar-refractivity contribution >= 4 is 28.3 Å². The molecule has 0 aromatic heterocycles. The number of benzene rings is 5. The third-order valence-electron chi connectivity index (χ3n) is 10.2. The standard InChI is InChI=1S/C48H46N2O2/c1-31-9-7-11-37(27-31)29-49(43-23-13-33(3)25-35(43)5)41-19-15-39(16-20-41)45-47(51)46(48(45)52)40-17-21-42(22-18-40)50(30-38-12-8-10-32(2)28-38)44-24-14-34(4)26-36(44)6/h7-28,47,51H,29-30H2,1-6H3/p+1. The molecule has 7 rings (SSSR count). The first kappa shape index (κ1) is 34.7. The highest BCUT2D eigenvalue weighted by molar-refractivity contribution is 6.03. The monoisotopic (exact) mass is 683 g/mol. The lowest BCUT2D eigenvalue weighted by atomic mass is 9.78. The quantitative estimate of drug-likeness (QED) is 0.160. The number of anilines is 2. The summed E-state index contributed by atoms with van der Waals surface area (Å²) in [6.45, 7) is 14.2. The second-order valence-corrected chi connectivity index (χ2v) is 14.4. The van der Waals surface area contributed by atoms with E-state index in [-0.39, 0.29) is 5.76 Å². The molecule has 1 atom stereocenters. The van der Waals surface area contributed by atoms with Crippen molar-refractivity contribution in [3.63, 3.8) is 0 Å². The summed E-state index contributed by atoms with van der Waals surface area (Å²) in [5, 5.41) is 22.8. The fourth-order valence-electron chi connectivity index (χ4n) is 7.54. The SMILES string of the molecule is Cc1cccc(CN(c2ccc(C3=C(O)C(=C4C=CC(=[N+](Cc5cccc(C)c5)c5ccc(C)cc5C)C=C4)C3O)cc2)c2ccc(C)cc2C)c1. The second-order valence-electron chi connectivity index (χ2n) is 14.4. The van der Waals surface area contributed by atoms with Crippen LogP contribution in [0.25, 0.3) is 5.57 Å². The van der Waals surface area contributed by atoms with Crippen LogP contribution in [0.3, 0.4) is 0 Å². The van der Waals surface area contributed by atoms with Crippen molar-refractivity contribution in [2.24, 2.45) is 0 Å². The highest BCUT2D eigenvalue weighted by atomic mass is 16.3. The highest BCUT2D eigenvalue weighted by Crippen LogP contribution is 2.43. The third kappa shape index (κ3) is 7.08. The molecule has 4 nitrogen and oxygen atoms in total. The van der Waals surface area contributed by atoms with Gasteiger partial charge in [0.05, 0.1) is 0 Å². The Morgan fingerprint density at radius 1 is 0.596 bits per heavy atom. The summed E-state index contributed by atoms with van der Waals surface area (Å²) in [6.07, 6.45) is 7.29. The number of aryl methyl sites for hydroxylation is 6. The van der Waals surface area contributed by atoms with Crippen molar-refractivity contribution < 1.29 is 14.8 Å². The Bertz CT molecular complexity index is 2320. The van der Waals surface area contributed by atoms with E-state index in [4.69, 9.17) is 0 Å². The molecule has 2 N–H and O–H groups in total. The minimum absolute atomic E-state index is 0.144. The molecule has 2 aliphatic rings. The van der Waals surface area contributed by atoms with E-state index >= 15 is 0 Å². The molecular weight excluding hydrogens is 637 g/mol. The summed E-state index contributed by atoms with van der Waals surface area (Å²) in [5.74, 6) is 0.144. The molecular formula is C48H47N2O2+. The zero-order valence-corrected chi connectivity index (χ0v) is 31.0. The Kier molecular flexibility index (Phi) is 9.68. The summed E-state index contributed by atoms with van der Waals surface area (Å²) < 4.78 is 2.33. The number of hydrogen-bond acceptors (Lipinski definition) is 3. The fourth-order valence-corrected chi connectivity index (χ4v) is 7.54. The van der Waals surface area contributed by atoms with E-state index in [1.54, 1.807) is 0 Å². The van der Waals surface area contributed by atoms with E-state index < -0.39 is 6.10 Å². The van der Waals surface area contributed by atoms with Crippen LogP contribution in [0.1, 0.15) is 50.1 Å². The van der Waals surface area contributed by atoms with Crippen LogP contribution in [0.15, 0.2) is 150 Å². The predicted octanol–water partition coefficient (Wildman–Crippen LogP) is 10.9.